The van der Waals surface area contributed by atoms with Crippen LogP contribution < -0.4 is 10.2 Å². The lowest BCUT2D eigenvalue weighted by atomic mass is 9.90. The van der Waals surface area contributed by atoms with Crippen molar-refractivity contribution in [3.05, 3.63) is 84.2 Å². The van der Waals surface area contributed by atoms with Crippen LogP contribution in [-0.4, -0.2) is 63.3 Å². The fourth-order valence-electron chi connectivity index (χ4n) is 3.84. The first-order valence-corrected chi connectivity index (χ1v) is 13.5. The van der Waals surface area contributed by atoms with Crippen LogP contribution in [0.5, 0.6) is 0 Å². The highest BCUT2D eigenvalue weighted by atomic mass is 32.2. The Morgan fingerprint density at radius 2 is 1.73 bits per heavy atom. The number of hydrogen-bond donors (Lipinski definition) is 2. The average Bonchev–Trinajstić information content (AvgIpc) is 3.03. The zero-order valence-corrected chi connectivity index (χ0v) is 23.1. The number of fused-ring (bicyclic) bond motifs is 1. The van der Waals surface area contributed by atoms with E-state index in [9.17, 15) is 19.2 Å². The molecule has 0 saturated carbocycles. The number of anilines is 2. The molecular weight excluding hydrogens is 530 g/mol. The molecule has 206 valence electrons. The van der Waals surface area contributed by atoms with Crippen molar-refractivity contribution in [1.29, 1.82) is 0 Å². The lowest BCUT2D eigenvalue weighted by Gasteiger charge is -2.28. The topological polar surface area (TPSA) is 132 Å². The summed E-state index contributed by atoms with van der Waals surface area (Å²) in [5.74, 6) is -1.74. The number of thioether (sulfide) groups is 1. The van der Waals surface area contributed by atoms with Crippen LogP contribution in [0.25, 0.3) is 0 Å². The van der Waals surface area contributed by atoms with Crippen molar-refractivity contribution in [2.45, 2.75) is 25.7 Å². The molecule has 0 unspecified atom stereocenters. The van der Waals surface area contributed by atoms with Crippen molar-refractivity contribution in [3.8, 4) is 0 Å². The molecule has 0 aliphatic carbocycles. The Kier molecular flexibility index (Phi) is 8.64. The number of rotatable bonds is 9. The van der Waals surface area contributed by atoms with Gasteiger partial charge in [0, 0.05) is 27.8 Å². The van der Waals surface area contributed by atoms with Crippen LogP contribution in [0, 0.1) is 5.41 Å². The Labute approximate surface area is 236 Å². The first-order valence-electron chi connectivity index (χ1n) is 12.5. The molecule has 0 saturated heterocycles. The van der Waals surface area contributed by atoms with E-state index in [1.54, 1.807) is 87.6 Å². The fourth-order valence-corrected chi connectivity index (χ4v) is 4.52. The number of carbonyl (C=O) groups is 4. The van der Waals surface area contributed by atoms with E-state index in [0.29, 0.717) is 33.2 Å². The number of pyridine rings is 1. The van der Waals surface area contributed by atoms with Gasteiger partial charge in [0.1, 0.15) is 12.3 Å². The number of carboxylic acid groups (broad SMARTS) is 1. The Hall–Kier alpha value is -4.51. The monoisotopic (exact) mass is 559 g/mol. The zero-order valence-electron chi connectivity index (χ0n) is 22.3. The molecule has 3 amide bonds. The lowest BCUT2D eigenvalue weighted by molar-refractivity contribution is -0.134. The molecule has 1 aliphatic heterocycles. The number of para-hydroxylation sites is 1. The quantitative estimate of drug-likeness (QED) is 0.369. The summed E-state index contributed by atoms with van der Waals surface area (Å²) in [6.07, 6.45) is 1.61. The van der Waals surface area contributed by atoms with Crippen LogP contribution in [0.15, 0.2) is 82.9 Å². The van der Waals surface area contributed by atoms with Crippen LogP contribution in [0.2, 0.25) is 0 Å². The third-order valence-electron chi connectivity index (χ3n) is 5.94. The third-order valence-corrected chi connectivity index (χ3v) is 6.92. The van der Waals surface area contributed by atoms with Crippen molar-refractivity contribution in [3.63, 3.8) is 0 Å². The van der Waals surface area contributed by atoms with Crippen molar-refractivity contribution >= 4 is 52.5 Å². The smallest absolute Gasteiger partial charge is 0.345 e. The van der Waals surface area contributed by atoms with Crippen molar-refractivity contribution in [2.75, 3.05) is 29.1 Å². The molecule has 0 fully saturated rings. The second-order valence-corrected chi connectivity index (χ2v) is 11.1. The summed E-state index contributed by atoms with van der Waals surface area (Å²) in [5, 5.41) is 17.3. The van der Waals surface area contributed by atoms with Gasteiger partial charge in [-0.1, -0.05) is 51.1 Å². The number of Topliss-reactive ketones (excluding diaryl/α,β-unsaturated/α-hetero) is 1. The zero-order chi connectivity index (χ0) is 28.9. The molecular formula is C29H29N5O5S. The lowest BCUT2D eigenvalue weighted by Crippen LogP contribution is -2.47. The van der Waals surface area contributed by atoms with Gasteiger partial charge in [-0.2, -0.15) is 5.10 Å². The van der Waals surface area contributed by atoms with Crippen LogP contribution in [0.1, 0.15) is 32.0 Å². The molecule has 2 N–H and O–H groups in total. The summed E-state index contributed by atoms with van der Waals surface area (Å²) in [5.41, 5.74) is 1.72. The molecule has 11 heteroatoms. The predicted octanol–water partition coefficient (Wildman–Crippen LogP) is 4.51. The van der Waals surface area contributed by atoms with Gasteiger partial charge in [0.2, 0.25) is 5.91 Å². The second kappa shape index (κ2) is 12.1. The summed E-state index contributed by atoms with van der Waals surface area (Å²) in [4.78, 5) is 57.4. The van der Waals surface area contributed by atoms with Crippen molar-refractivity contribution in [2.24, 2.45) is 10.5 Å². The van der Waals surface area contributed by atoms with Gasteiger partial charge in [-0.05, 0) is 36.4 Å². The first-order chi connectivity index (χ1) is 19.0. The van der Waals surface area contributed by atoms with Crippen LogP contribution >= 0.6 is 11.8 Å². The van der Waals surface area contributed by atoms with Gasteiger partial charge in [0.15, 0.2) is 5.78 Å². The number of ketones is 1. The van der Waals surface area contributed by atoms with Gasteiger partial charge in [-0.25, -0.2) is 9.80 Å². The fraction of sp³-hybridized carbons (Fsp3) is 0.241. The molecule has 4 rings (SSSR count). The number of aromatic nitrogens is 1. The van der Waals surface area contributed by atoms with E-state index in [-0.39, 0.29) is 18.1 Å². The maximum Gasteiger partial charge on any atom is 0.345 e. The van der Waals surface area contributed by atoms with E-state index in [1.807, 2.05) is 6.07 Å². The van der Waals surface area contributed by atoms with Gasteiger partial charge in [0.25, 0.3) is 0 Å². The predicted molar refractivity (Wildman–Crippen MR) is 154 cm³/mol. The number of amides is 3. The number of aliphatic carboxylic acids is 1. The standard InChI is InChI=1S/C29H29N5O5S/c1-29(2,3)24(35)16-33-23-13-5-4-11-21(23)27(22-12-6-7-14-30-22)32-34(28(33)39)17-25(36)31-19-9-8-10-20(15-19)40-18-26(37)38/h4-15H,16-18H2,1-3H3,(H,31,36)(H,37,38). The molecule has 2 heterocycles. The molecule has 40 heavy (non-hydrogen) atoms. The molecule has 0 spiro atoms. The largest absolute Gasteiger partial charge is 0.481 e. The van der Waals surface area contributed by atoms with Crippen molar-refractivity contribution in [1.82, 2.24) is 9.99 Å². The Bertz CT molecular complexity index is 1470. The molecule has 1 aromatic heterocycles. The number of benzene rings is 2. The number of hydrazone groups is 1. The van der Waals surface area contributed by atoms with Crippen molar-refractivity contribution < 1.29 is 24.3 Å². The van der Waals surface area contributed by atoms with Gasteiger partial charge >= 0.3 is 12.0 Å². The van der Waals surface area contributed by atoms with E-state index < -0.39 is 29.9 Å². The summed E-state index contributed by atoms with van der Waals surface area (Å²) >= 11 is 1.12. The summed E-state index contributed by atoms with van der Waals surface area (Å²) < 4.78 is 0. The number of urea groups is 1. The van der Waals surface area contributed by atoms with Gasteiger partial charge in [-0.15, -0.1) is 11.8 Å². The van der Waals surface area contributed by atoms with Crippen LogP contribution in [-0.2, 0) is 14.4 Å². The van der Waals surface area contributed by atoms with Gasteiger partial charge in [0.05, 0.1) is 23.7 Å². The molecule has 0 bridgehead atoms. The molecule has 2 aromatic carbocycles. The van der Waals surface area contributed by atoms with Gasteiger partial charge < -0.3 is 10.4 Å². The maximum atomic E-state index is 13.9. The number of nitrogens with one attached hydrogen (secondary N) is 1. The molecule has 3 aromatic rings. The summed E-state index contributed by atoms with van der Waals surface area (Å²) in [6, 6.07) is 18.6. The normalized spacial score (nSPS) is 13.3. The van der Waals surface area contributed by atoms with E-state index >= 15 is 0 Å². The molecule has 10 nitrogen and oxygen atoms in total. The number of carboxylic acids is 1. The maximum absolute atomic E-state index is 13.9. The number of carbonyl (C=O) groups excluding carboxylic acids is 3. The third kappa shape index (κ3) is 6.92. The van der Waals surface area contributed by atoms with Crippen LogP contribution in [0.3, 0.4) is 0 Å². The Morgan fingerprint density at radius 3 is 2.42 bits per heavy atom. The Balaban J connectivity index is 1.68. The Morgan fingerprint density at radius 1 is 0.975 bits per heavy atom. The minimum atomic E-state index is -0.948. The summed E-state index contributed by atoms with van der Waals surface area (Å²) in [6.45, 7) is 4.72. The highest BCUT2D eigenvalue weighted by Gasteiger charge is 2.35. The molecule has 0 radical (unpaired) electrons. The number of hydrogen-bond acceptors (Lipinski definition) is 7. The second-order valence-electron chi connectivity index (χ2n) is 10.0. The minimum absolute atomic E-state index is 0.117. The molecule has 1 aliphatic rings. The first kappa shape index (κ1) is 28.5. The van der Waals surface area contributed by atoms with E-state index in [2.05, 4.69) is 15.4 Å². The number of nitrogens with zero attached hydrogens (tertiary/aromatic N) is 4. The highest BCUT2D eigenvalue weighted by molar-refractivity contribution is 8.00. The van der Waals surface area contributed by atoms with E-state index in [1.165, 1.54) is 4.90 Å². The minimum Gasteiger partial charge on any atom is -0.481 e. The van der Waals surface area contributed by atoms with E-state index in [4.69, 9.17) is 5.11 Å². The highest BCUT2D eigenvalue weighted by Crippen LogP contribution is 2.29. The molecule has 0 atom stereocenters. The van der Waals surface area contributed by atoms with Crippen LogP contribution in [0.4, 0.5) is 16.2 Å². The summed E-state index contributed by atoms with van der Waals surface area (Å²) in [7, 11) is 0. The van der Waals surface area contributed by atoms with Gasteiger partial charge in [-0.3, -0.25) is 24.3 Å². The average molecular weight is 560 g/mol. The SMILES string of the molecule is CC(C)(C)C(=O)CN1C(=O)N(CC(=O)Nc2cccc(SCC(=O)O)c2)N=C(c2ccccn2)c2ccccc21. The van der Waals surface area contributed by atoms with E-state index in [0.717, 1.165) is 16.8 Å².